The molecule has 84 valence electrons. The molecule has 0 spiro atoms. The molecule has 3 rings (SSSR count). The van der Waals surface area contributed by atoms with E-state index in [9.17, 15) is 0 Å². The summed E-state index contributed by atoms with van der Waals surface area (Å²) < 4.78 is 1.90. The highest BCUT2D eigenvalue weighted by molar-refractivity contribution is 7.19. The third-order valence-corrected chi connectivity index (χ3v) is 3.56. The van der Waals surface area contributed by atoms with Crippen LogP contribution in [0.1, 0.15) is 11.4 Å². The summed E-state index contributed by atoms with van der Waals surface area (Å²) >= 11 is 1.62. The number of hydrogen-bond donors (Lipinski definition) is 0. The second kappa shape index (κ2) is 3.89. The van der Waals surface area contributed by atoms with E-state index >= 15 is 0 Å². The summed E-state index contributed by atoms with van der Waals surface area (Å²) in [7, 11) is 0. The van der Waals surface area contributed by atoms with Gasteiger partial charge in [-0.15, -0.1) is 0 Å². The minimum Gasteiger partial charge on any atom is -0.0877 e. The summed E-state index contributed by atoms with van der Waals surface area (Å²) in [5.41, 5.74) is 3.29. The molecule has 3 nitrogen and oxygen atoms in total. The zero-order chi connectivity index (χ0) is 11.8. The highest BCUT2D eigenvalue weighted by Gasteiger charge is 2.16. The fourth-order valence-corrected chi connectivity index (χ4v) is 2.84. The SMILES string of the molecule is Cc1cc(C)[n+]2nc(-c3ccccc3)sc2n1. The quantitative estimate of drug-likeness (QED) is 0.614. The van der Waals surface area contributed by atoms with Gasteiger partial charge in [0.15, 0.2) is 10.7 Å². The molecule has 3 aromatic rings. The number of benzene rings is 1. The summed E-state index contributed by atoms with van der Waals surface area (Å²) in [4.78, 5) is 5.45. The maximum absolute atomic E-state index is 4.60. The maximum Gasteiger partial charge on any atom is 0.410 e. The third-order valence-electron chi connectivity index (χ3n) is 2.60. The van der Waals surface area contributed by atoms with Crippen LogP contribution < -0.4 is 4.52 Å². The summed E-state index contributed by atoms with van der Waals surface area (Å²) in [5.74, 6) is 0. The number of rotatable bonds is 1. The molecule has 0 atom stereocenters. The molecule has 0 unspecified atom stereocenters. The van der Waals surface area contributed by atoms with E-state index in [0.717, 1.165) is 26.9 Å². The summed E-state index contributed by atoms with van der Waals surface area (Å²) in [6.07, 6.45) is 0. The van der Waals surface area contributed by atoms with Gasteiger partial charge in [0.05, 0.1) is 0 Å². The van der Waals surface area contributed by atoms with Crippen LogP contribution in [0.15, 0.2) is 36.4 Å². The lowest BCUT2D eigenvalue weighted by atomic mass is 10.2. The minimum atomic E-state index is 0.946. The smallest absolute Gasteiger partial charge is 0.0877 e. The highest BCUT2D eigenvalue weighted by Crippen LogP contribution is 2.22. The van der Waals surface area contributed by atoms with Crippen LogP contribution in [0.4, 0.5) is 0 Å². The van der Waals surface area contributed by atoms with Crippen molar-refractivity contribution in [2.75, 3.05) is 0 Å². The highest BCUT2D eigenvalue weighted by atomic mass is 32.1. The molecule has 1 aromatic carbocycles. The average Bonchev–Trinajstić information content (AvgIpc) is 2.74. The molecule has 2 aromatic heterocycles. The van der Waals surface area contributed by atoms with Gasteiger partial charge in [-0.05, 0) is 16.3 Å². The molecule has 0 amide bonds. The first-order chi connectivity index (χ1) is 8.24. The predicted molar refractivity (Wildman–Crippen MR) is 68.0 cm³/mol. The zero-order valence-electron chi connectivity index (χ0n) is 9.71. The Hall–Kier alpha value is -1.81. The van der Waals surface area contributed by atoms with E-state index in [1.165, 1.54) is 0 Å². The van der Waals surface area contributed by atoms with Gasteiger partial charge < -0.3 is 0 Å². The third kappa shape index (κ3) is 1.80. The number of aromatic nitrogens is 3. The summed E-state index contributed by atoms with van der Waals surface area (Å²) in [5, 5.41) is 5.60. The Bertz CT molecular complexity index is 674. The van der Waals surface area contributed by atoms with Gasteiger partial charge in [-0.1, -0.05) is 39.9 Å². The zero-order valence-corrected chi connectivity index (χ0v) is 10.5. The molecule has 0 saturated carbocycles. The normalized spacial score (nSPS) is 10.9. The molecule has 0 N–H and O–H groups in total. The fraction of sp³-hybridized carbons (Fsp3) is 0.154. The van der Waals surface area contributed by atoms with Crippen molar-refractivity contribution < 1.29 is 4.52 Å². The molecule has 0 radical (unpaired) electrons. The van der Waals surface area contributed by atoms with Crippen LogP contribution in [0, 0.1) is 13.8 Å². The van der Waals surface area contributed by atoms with Crippen LogP contribution in [0.5, 0.6) is 0 Å². The van der Waals surface area contributed by atoms with Gasteiger partial charge in [0.25, 0.3) is 0 Å². The van der Waals surface area contributed by atoms with E-state index in [4.69, 9.17) is 0 Å². The molecule has 17 heavy (non-hydrogen) atoms. The molecule has 0 aliphatic carbocycles. The average molecular weight is 242 g/mol. The van der Waals surface area contributed by atoms with Crippen molar-refractivity contribution in [1.82, 2.24) is 10.1 Å². The van der Waals surface area contributed by atoms with E-state index in [2.05, 4.69) is 29.1 Å². The molecule has 0 aliphatic rings. The van der Waals surface area contributed by atoms with Crippen molar-refractivity contribution in [3.63, 3.8) is 0 Å². The summed E-state index contributed by atoms with van der Waals surface area (Å²) in [6, 6.07) is 12.2. The van der Waals surface area contributed by atoms with Gasteiger partial charge in [0.2, 0.25) is 0 Å². The lowest BCUT2D eigenvalue weighted by molar-refractivity contribution is -0.584. The first kappa shape index (κ1) is 10.4. The standard InChI is InChI=1S/C13H12N3S/c1-9-8-10(2)16-13(14-9)17-12(15-16)11-6-4-3-5-7-11/h3-8H,1-2H3/q+1. The predicted octanol–water partition coefficient (Wildman–Crippen LogP) is 2.56. The molecule has 2 heterocycles. The molecule has 0 bridgehead atoms. The van der Waals surface area contributed by atoms with Gasteiger partial charge in [-0.25, -0.2) is 0 Å². The van der Waals surface area contributed by atoms with Gasteiger partial charge in [0.1, 0.15) is 5.69 Å². The molecule has 0 saturated heterocycles. The van der Waals surface area contributed by atoms with Crippen molar-refractivity contribution in [1.29, 1.82) is 0 Å². The Morgan fingerprint density at radius 1 is 1.12 bits per heavy atom. The molecule has 0 aliphatic heterocycles. The van der Waals surface area contributed by atoms with E-state index in [0.29, 0.717) is 0 Å². The monoisotopic (exact) mass is 242 g/mol. The van der Waals surface area contributed by atoms with Crippen molar-refractivity contribution in [2.24, 2.45) is 0 Å². The van der Waals surface area contributed by atoms with Gasteiger partial charge in [-0.2, -0.15) is 0 Å². The van der Waals surface area contributed by atoms with Gasteiger partial charge in [0, 0.05) is 25.5 Å². The number of nitrogens with zero attached hydrogens (tertiary/aromatic N) is 3. The molecule has 4 heteroatoms. The van der Waals surface area contributed by atoms with Gasteiger partial charge >= 0.3 is 4.96 Å². The van der Waals surface area contributed by atoms with Crippen molar-refractivity contribution in [3.8, 4) is 10.6 Å². The van der Waals surface area contributed by atoms with E-state index in [-0.39, 0.29) is 0 Å². The van der Waals surface area contributed by atoms with E-state index in [1.807, 2.05) is 35.7 Å². The Labute approximate surface area is 103 Å². The van der Waals surface area contributed by atoms with Crippen LogP contribution in [0.3, 0.4) is 0 Å². The second-order valence-corrected chi connectivity index (χ2v) is 4.96. The Kier molecular flexibility index (Phi) is 2.37. The van der Waals surface area contributed by atoms with Crippen LogP contribution >= 0.6 is 11.3 Å². The lowest BCUT2D eigenvalue weighted by Crippen LogP contribution is -2.28. The van der Waals surface area contributed by atoms with Crippen molar-refractivity contribution in [3.05, 3.63) is 47.8 Å². The van der Waals surface area contributed by atoms with E-state index in [1.54, 1.807) is 11.3 Å². The van der Waals surface area contributed by atoms with Gasteiger partial charge in [-0.3, -0.25) is 0 Å². The Morgan fingerprint density at radius 2 is 1.88 bits per heavy atom. The van der Waals surface area contributed by atoms with Crippen LogP contribution in [0.25, 0.3) is 15.5 Å². The summed E-state index contributed by atoms with van der Waals surface area (Å²) in [6.45, 7) is 4.06. The Balaban J connectivity index is 2.24. The van der Waals surface area contributed by atoms with Crippen LogP contribution in [0.2, 0.25) is 0 Å². The Morgan fingerprint density at radius 3 is 2.65 bits per heavy atom. The molecule has 0 fully saturated rings. The number of hydrogen-bond acceptors (Lipinski definition) is 3. The van der Waals surface area contributed by atoms with Crippen LogP contribution in [-0.2, 0) is 0 Å². The topological polar surface area (TPSA) is 29.9 Å². The fourth-order valence-electron chi connectivity index (χ4n) is 1.83. The van der Waals surface area contributed by atoms with Crippen molar-refractivity contribution >= 4 is 16.3 Å². The number of aryl methyl sites for hydroxylation is 2. The first-order valence-corrected chi connectivity index (χ1v) is 6.28. The lowest BCUT2D eigenvalue weighted by Gasteiger charge is -1.90. The van der Waals surface area contributed by atoms with E-state index < -0.39 is 0 Å². The first-order valence-electron chi connectivity index (χ1n) is 5.46. The molecular formula is C13H12N3S+. The molecular weight excluding hydrogens is 230 g/mol. The van der Waals surface area contributed by atoms with Crippen LogP contribution in [-0.4, -0.2) is 10.1 Å². The maximum atomic E-state index is 4.60. The van der Waals surface area contributed by atoms with Crippen molar-refractivity contribution in [2.45, 2.75) is 13.8 Å². The second-order valence-electron chi connectivity index (χ2n) is 4.01. The largest absolute Gasteiger partial charge is 0.410 e. The number of fused-ring (bicyclic) bond motifs is 1. The minimum absolute atomic E-state index is 0.946.